The van der Waals surface area contributed by atoms with Crippen LogP contribution in [0.25, 0.3) is 21.9 Å². The van der Waals surface area contributed by atoms with Crippen molar-refractivity contribution in [2.24, 2.45) is 0 Å². The molecule has 2 heterocycles. The molecule has 1 aromatic carbocycles. The van der Waals surface area contributed by atoms with Crippen LogP contribution in [0, 0.1) is 0 Å². The summed E-state index contributed by atoms with van der Waals surface area (Å²) in [6, 6.07) is 6.01. The van der Waals surface area contributed by atoms with Crippen LogP contribution in [0.15, 0.2) is 24.5 Å². The number of anilines is 1. The minimum atomic E-state index is 0.649. The molecule has 3 aromatic rings. The highest BCUT2D eigenvalue weighted by Crippen LogP contribution is 2.29. The Kier molecular flexibility index (Phi) is 6.06. The maximum atomic E-state index is 5.60. The highest BCUT2D eigenvalue weighted by Gasteiger charge is 2.11. The number of nitrogens with one attached hydrogen (secondary N) is 2. The number of aromatic nitrogens is 3. The van der Waals surface area contributed by atoms with Gasteiger partial charge in [0.1, 0.15) is 23.1 Å². The predicted octanol–water partition coefficient (Wildman–Crippen LogP) is 4.13. The lowest BCUT2D eigenvalue weighted by molar-refractivity contribution is 0.131. The van der Waals surface area contributed by atoms with Crippen LogP contribution in [0.2, 0.25) is 0 Å². The summed E-state index contributed by atoms with van der Waals surface area (Å²) in [6.45, 7) is 7.23. The summed E-state index contributed by atoms with van der Waals surface area (Å²) in [5.74, 6) is 1.68. The van der Waals surface area contributed by atoms with Crippen molar-refractivity contribution in [1.82, 2.24) is 15.0 Å². The molecule has 0 unspecified atom stereocenters. The third-order valence-electron chi connectivity index (χ3n) is 4.06. The fraction of sp³-hybridized carbons (Fsp3) is 0.474. The number of H-pyrrole nitrogens is 1. The molecule has 0 aliphatic carbocycles. The van der Waals surface area contributed by atoms with Gasteiger partial charge in [0, 0.05) is 30.7 Å². The van der Waals surface area contributed by atoms with E-state index in [1.54, 1.807) is 6.33 Å². The monoisotopic (exact) mass is 342 g/mol. The number of hydrogen-bond donors (Lipinski definition) is 2. The van der Waals surface area contributed by atoms with Crippen molar-refractivity contribution < 1.29 is 9.47 Å². The van der Waals surface area contributed by atoms with E-state index in [4.69, 9.17) is 9.47 Å². The van der Waals surface area contributed by atoms with Gasteiger partial charge in [0.2, 0.25) is 0 Å². The summed E-state index contributed by atoms with van der Waals surface area (Å²) >= 11 is 0. The predicted molar refractivity (Wildman–Crippen MR) is 101 cm³/mol. The van der Waals surface area contributed by atoms with Crippen molar-refractivity contribution in [3.63, 3.8) is 0 Å². The average Bonchev–Trinajstić information content (AvgIpc) is 3.00. The first-order chi connectivity index (χ1) is 12.3. The standard InChI is InChI=1S/C19H26N4O2/c1-3-5-10-24-11-6-9-20-19-18-17(21-13-22-19)15-12-14(25-4-2)7-8-16(15)23-18/h7-8,12-13,23H,3-6,9-11H2,1-2H3,(H,20,21,22). The molecule has 2 aromatic heterocycles. The van der Waals surface area contributed by atoms with E-state index in [9.17, 15) is 0 Å². The van der Waals surface area contributed by atoms with Crippen molar-refractivity contribution in [2.45, 2.75) is 33.1 Å². The van der Waals surface area contributed by atoms with Gasteiger partial charge in [0.05, 0.1) is 6.61 Å². The summed E-state index contributed by atoms with van der Waals surface area (Å²) in [7, 11) is 0. The zero-order valence-electron chi connectivity index (χ0n) is 15.0. The molecular weight excluding hydrogens is 316 g/mol. The van der Waals surface area contributed by atoms with E-state index in [2.05, 4.69) is 27.2 Å². The minimum Gasteiger partial charge on any atom is -0.494 e. The van der Waals surface area contributed by atoms with Gasteiger partial charge in [0.15, 0.2) is 5.82 Å². The molecule has 0 atom stereocenters. The first-order valence-electron chi connectivity index (χ1n) is 9.04. The lowest BCUT2D eigenvalue weighted by Gasteiger charge is -2.07. The van der Waals surface area contributed by atoms with Gasteiger partial charge in [-0.25, -0.2) is 9.97 Å². The van der Waals surface area contributed by atoms with Crippen LogP contribution in [0.4, 0.5) is 5.82 Å². The van der Waals surface area contributed by atoms with Gasteiger partial charge in [-0.05, 0) is 38.0 Å². The molecule has 3 rings (SSSR count). The summed E-state index contributed by atoms with van der Waals surface area (Å²) in [6.07, 6.45) is 4.84. The maximum Gasteiger partial charge on any atom is 0.153 e. The minimum absolute atomic E-state index is 0.649. The molecule has 0 aliphatic heterocycles. The molecule has 0 aliphatic rings. The van der Waals surface area contributed by atoms with Crippen LogP contribution in [0.3, 0.4) is 0 Å². The number of nitrogens with zero attached hydrogens (tertiary/aromatic N) is 2. The van der Waals surface area contributed by atoms with Gasteiger partial charge in [-0.1, -0.05) is 13.3 Å². The molecule has 6 nitrogen and oxygen atoms in total. The average molecular weight is 342 g/mol. The molecule has 134 valence electrons. The van der Waals surface area contributed by atoms with Crippen LogP contribution < -0.4 is 10.1 Å². The van der Waals surface area contributed by atoms with Crippen molar-refractivity contribution in [3.05, 3.63) is 24.5 Å². The third kappa shape index (κ3) is 4.20. The maximum absolute atomic E-state index is 5.60. The van der Waals surface area contributed by atoms with Crippen LogP contribution in [-0.4, -0.2) is 41.3 Å². The normalized spacial score (nSPS) is 11.3. The van der Waals surface area contributed by atoms with Gasteiger partial charge in [0.25, 0.3) is 0 Å². The number of rotatable bonds is 10. The molecule has 2 N–H and O–H groups in total. The van der Waals surface area contributed by atoms with Crippen LogP contribution in [-0.2, 0) is 4.74 Å². The number of fused-ring (bicyclic) bond motifs is 3. The molecule has 0 bridgehead atoms. The molecule has 0 spiro atoms. The molecular formula is C19H26N4O2. The van der Waals surface area contributed by atoms with Crippen molar-refractivity contribution in [2.75, 3.05) is 31.7 Å². The lowest BCUT2D eigenvalue weighted by Crippen LogP contribution is -2.08. The second-order valence-electron chi connectivity index (χ2n) is 5.96. The Labute approximate surface area is 148 Å². The fourth-order valence-electron chi connectivity index (χ4n) is 2.79. The van der Waals surface area contributed by atoms with E-state index < -0.39 is 0 Å². The van der Waals surface area contributed by atoms with Gasteiger partial charge in [-0.3, -0.25) is 0 Å². The van der Waals surface area contributed by atoms with Gasteiger partial charge >= 0.3 is 0 Å². The van der Waals surface area contributed by atoms with E-state index in [0.29, 0.717) is 6.61 Å². The van der Waals surface area contributed by atoms with Crippen LogP contribution in [0.5, 0.6) is 5.75 Å². The Morgan fingerprint density at radius 3 is 2.84 bits per heavy atom. The zero-order chi connectivity index (χ0) is 17.5. The van der Waals surface area contributed by atoms with Gasteiger partial charge in [-0.15, -0.1) is 0 Å². The highest BCUT2D eigenvalue weighted by molar-refractivity contribution is 6.08. The second kappa shape index (κ2) is 8.67. The molecule has 25 heavy (non-hydrogen) atoms. The van der Waals surface area contributed by atoms with Crippen LogP contribution in [0.1, 0.15) is 33.1 Å². The van der Waals surface area contributed by atoms with E-state index in [-0.39, 0.29) is 0 Å². The van der Waals surface area contributed by atoms with Gasteiger partial charge < -0.3 is 19.8 Å². The summed E-state index contributed by atoms with van der Waals surface area (Å²) in [4.78, 5) is 12.2. The number of unbranched alkanes of at least 4 members (excludes halogenated alkanes) is 1. The molecule has 0 saturated carbocycles. The van der Waals surface area contributed by atoms with E-state index in [1.807, 2.05) is 25.1 Å². The van der Waals surface area contributed by atoms with E-state index >= 15 is 0 Å². The Balaban J connectivity index is 1.70. The summed E-state index contributed by atoms with van der Waals surface area (Å²) < 4.78 is 11.2. The topological polar surface area (TPSA) is 72.1 Å². The SMILES string of the molecule is CCCCOCCCNc1ncnc2c1[nH]c1ccc(OCC)cc12. The zero-order valence-corrected chi connectivity index (χ0v) is 15.0. The Hall–Kier alpha value is -2.34. The Bertz CT molecular complexity index is 816. The van der Waals surface area contributed by atoms with E-state index in [0.717, 1.165) is 66.1 Å². The first-order valence-corrected chi connectivity index (χ1v) is 9.04. The van der Waals surface area contributed by atoms with Gasteiger partial charge in [-0.2, -0.15) is 0 Å². The van der Waals surface area contributed by atoms with Crippen LogP contribution >= 0.6 is 0 Å². The summed E-state index contributed by atoms with van der Waals surface area (Å²) in [5, 5.41) is 4.44. The number of hydrogen-bond acceptors (Lipinski definition) is 5. The number of aromatic amines is 1. The van der Waals surface area contributed by atoms with Crippen molar-refractivity contribution in [1.29, 1.82) is 0 Å². The summed E-state index contributed by atoms with van der Waals surface area (Å²) in [5.41, 5.74) is 2.87. The second-order valence-corrected chi connectivity index (χ2v) is 5.96. The lowest BCUT2D eigenvalue weighted by atomic mass is 10.2. The smallest absolute Gasteiger partial charge is 0.153 e. The Morgan fingerprint density at radius 2 is 2.00 bits per heavy atom. The molecule has 0 radical (unpaired) electrons. The first kappa shape index (κ1) is 17.5. The van der Waals surface area contributed by atoms with E-state index in [1.165, 1.54) is 6.42 Å². The number of benzene rings is 1. The third-order valence-corrected chi connectivity index (χ3v) is 4.06. The quantitative estimate of drug-likeness (QED) is 0.542. The largest absolute Gasteiger partial charge is 0.494 e. The Morgan fingerprint density at radius 1 is 1.12 bits per heavy atom. The number of ether oxygens (including phenoxy) is 2. The van der Waals surface area contributed by atoms with Crippen molar-refractivity contribution >= 4 is 27.8 Å². The molecule has 0 amide bonds. The molecule has 6 heteroatoms. The molecule has 0 fully saturated rings. The molecule has 0 saturated heterocycles. The van der Waals surface area contributed by atoms with Crippen molar-refractivity contribution in [3.8, 4) is 5.75 Å². The highest BCUT2D eigenvalue weighted by atomic mass is 16.5. The fourth-order valence-corrected chi connectivity index (χ4v) is 2.79.